The molecule has 0 amide bonds. The van der Waals surface area contributed by atoms with Crippen molar-refractivity contribution in [1.29, 1.82) is 5.26 Å². The molecule has 0 bridgehead atoms. The highest BCUT2D eigenvalue weighted by Gasteiger charge is 2.34. The summed E-state index contributed by atoms with van der Waals surface area (Å²) in [6.45, 7) is 3.60. The van der Waals surface area contributed by atoms with Gasteiger partial charge in [0.05, 0.1) is 22.9 Å². The van der Waals surface area contributed by atoms with Gasteiger partial charge in [0, 0.05) is 13.1 Å². The van der Waals surface area contributed by atoms with Crippen molar-refractivity contribution in [3.8, 4) is 6.07 Å². The largest absolute Gasteiger partial charge is 0.417 e. The van der Waals surface area contributed by atoms with Gasteiger partial charge in [-0.2, -0.15) is 31.2 Å². The van der Waals surface area contributed by atoms with Crippen LogP contribution < -0.4 is 4.72 Å². The van der Waals surface area contributed by atoms with Gasteiger partial charge in [-0.25, -0.2) is 0 Å². The van der Waals surface area contributed by atoms with Crippen molar-refractivity contribution in [2.45, 2.75) is 20.0 Å². The minimum Gasteiger partial charge on any atom is -0.271 e. The first-order valence-corrected chi connectivity index (χ1v) is 7.49. The summed E-state index contributed by atoms with van der Waals surface area (Å²) in [4.78, 5) is 0. The van der Waals surface area contributed by atoms with Crippen LogP contribution in [0.2, 0.25) is 0 Å². The van der Waals surface area contributed by atoms with E-state index in [0.29, 0.717) is 6.07 Å². The first-order chi connectivity index (χ1) is 9.65. The highest BCUT2D eigenvalue weighted by Crippen LogP contribution is 2.33. The van der Waals surface area contributed by atoms with Crippen LogP contribution in [-0.4, -0.2) is 25.8 Å². The molecule has 9 heteroatoms. The van der Waals surface area contributed by atoms with Crippen LogP contribution >= 0.6 is 0 Å². The number of halogens is 3. The van der Waals surface area contributed by atoms with Gasteiger partial charge in [-0.3, -0.25) is 4.72 Å². The van der Waals surface area contributed by atoms with Crippen molar-refractivity contribution in [1.82, 2.24) is 4.31 Å². The molecule has 0 aliphatic carbocycles. The smallest absolute Gasteiger partial charge is 0.271 e. The van der Waals surface area contributed by atoms with Crippen molar-refractivity contribution in [3.63, 3.8) is 0 Å². The zero-order valence-corrected chi connectivity index (χ0v) is 12.2. The Hall–Kier alpha value is -1.79. The summed E-state index contributed by atoms with van der Waals surface area (Å²) in [5, 5.41) is 8.67. The summed E-state index contributed by atoms with van der Waals surface area (Å²) in [5.41, 5.74) is -1.98. The first kappa shape index (κ1) is 17.3. The van der Waals surface area contributed by atoms with Gasteiger partial charge in [0.15, 0.2) is 0 Å². The predicted molar refractivity (Wildman–Crippen MR) is 71.6 cm³/mol. The minimum absolute atomic E-state index is 0.189. The first-order valence-electron chi connectivity index (χ1n) is 6.05. The Balaban J connectivity index is 3.21. The van der Waals surface area contributed by atoms with Gasteiger partial charge in [0.2, 0.25) is 0 Å². The molecule has 0 unspecified atom stereocenters. The monoisotopic (exact) mass is 321 g/mol. The molecule has 1 rings (SSSR count). The Morgan fingerprint density at radius 1 is 1.29 bits per heavy atom. The molecule has 1 aromatic carbocycles. The van der Waals surface area contributed by atoms with Gasteiger partial charge in [0.1, 0.15) is 0 Å². The number of nitrogens with one attached hydrogen (secondary N) is 1. The predicted octanol–water partition coefficient (Wildman–Crippen LogP) is 2.58. The molecule has 0 spiro atoms. The van der Waals surface area contributed by atoms with Crippen molar-refractivity contribution < 1.29 is 21.6 Å². The SMILES string of the molecule is CCN(CC)S(=O)(=O)Nc1ccc(C#N)c(C(F)(F)F)c1. The minimum atomic E-state index is -4.73. The lowest BCUT2D eigenvalue weighted by Crippen LogP contribution is -2.35. The molecule has 1 N–H and O–H groups in total. The Bertz CT molecular complexity index is 647. The van der Waals surface area contributed by atoms with E-state index in [9.17, 15) is 21.6 Å². The summed E-state index contributed by atoms with van der Waals surface area (Å²) in [6.07, 6.45) is -4.73. The van der Waals surface area contributed by atoms with E-state index in [1.54, 1.807) is 13.8 Å². The normalized spacial score (nSPS) is 12.2. The van der Waals surface area contributed by atoms with Crippen molar-refractivity contribution in [2.75, 3.05) is 17.8 Å². The van der Waals surface area contributed by atoms with Crippen LogP contribution in [0.15, 0.2) is 18.2 Å². The number of benzene rings is 1. The topological polar surface area (TPSA) is 73.2 Å². The zero-order chi connectivity index (χ0) is 16.3. The standard InChI is InChI=1S/C12H14F3N3O2S/c1-3-18(4-2)21(19,20)17-10-6-5-9(8-16)11(7-10)12(13,14)15/h5-7,17H,3-4H2,1-2H3. The van der Waals surface area contributed by atoms with Crippen LogP contribution in [0.3, 0.4) is 0 Å². The molecular formula is C12H14F3N3O2S. The number of nitriles is 1. The van der Waals surface area contributed by atoms with Crippen LogP contribution in [0.4, 0.5) is 18.9 Å². The van der Waals surface area contributed by atoms with Crippen LogP contribution in [0.25, 0.3) is 0 Å². The maximum atomic E-state index is 12.8. The van der Waals surface area contributed by atoms with E-state index >= 15 is 0 Å². The molecule has 21 heavy (non-hydrogen) atoms. The lowest BCUT2D eigenvalue weighted by Gasteiger charge is -2.20. The quantitative estimate of drug-likeness (QED) is 0.906. The highest BCUT2D eigenvalue weighted by molar-refractivity contribution is 7.90. The fraction of sp³-hybridized carbons (Fsp3) is 0.417. The highest BCUT2D eigenvalue weighted by atomic mass is 32.2. The molecule has 0 radical (unpaired) electrons. The summed E-state index contributed by atoms with van der Waals surface area (Å²) >= 11 is 0. The van der Waals surface area contributed by atoms with E-state index < -0.39 is 27.5 Å². The Morgan fingerprint density at radius 2 is 1.86 bits per heavy atom. The second-order valence-electron chi connectivity index (χ2n) is 4.06. The molecule has 0 saturated heterocycles. The third kappa shape index (κ3) is 4.09. The molecule has 0 aromatic heterocycles. The number of anilines is 1. The van der Waals surface area contributed by atoms with E-state index in [-0.39, 0.29) is 18.8 Å². The van der Waals surface area contributed by atoms with E-state index in [2.05, 4.69) is 4.72 Å². The molecular weight excluding hydrogens is 307 g/mol. The molecule has 0 aliphatic rings. The molecule has 0 saturated carbocycles. The maximum Gasteiger partial charge on any atom is 0.417 e. The van der Waals surface area contributed by atoms with Crippen LogP contribution in [0, 0.1) is 11.3 Å². The lowest BCUT2D eigenvalue weighted by molar-refractivity contribution is -0.137. The van der Waals surface area contributed by atoms with Gasteiger partial charge in [0.25, 0.3) is 0 Å². The second kappa shape index (κ2) is 6.32. The second-order valence-corrected chi connectivity index (χ2v) is 5.73. The van der Waals surface area contributed by atoms with Crippen LogP contribution in [0.1, 0.15) is 25.0 Å². The summed E-state index contributed by atoms with van der Waals surface area (Å²) < 4.78 is 65.4. The molecule has 0 fully saturated rings. The number of alkyl halides is 3. The third-order valence-corrected chi connectivity index (χ3v) is 4.43. The Labute approximate surface area is 121 Å². The number of hydrogen-bond acceptors (Lipinski definition) is 3. The van der Waals surface area contributed by atoms with E-state index in [4.69, 9.17) is 5.26 Å². The summed E-state index contributed by atoms with van der Waals surface area (Å²) in [5.74, 6) is 0. The van der Waals surface area contributed by atoms with Crippen LogP contribution in [-0.2, 0) is 16.4 Å². The summed E-state index contributed by atoms with van der Waals surface area (Å²) in [6, 6.07) is 4.09. The van der Waals surface area contributed by atoms with Gasteiger partial charge >= 0.3 is 16.4 Å². The molecule has 116 valence electrons. The Kier molecular flexibility index (Phi) is 5.20. The van der Waals surface area contributed by atoms with Gasteiger partial charge in [-0.05, 0) is 18.2 Å². The van der Waals surface area contributed by atoms with E-state index in [1.807, 2.05) is 0 Å². The molecule has 5 nitrogen and oxygen atoms in total. The fourth-order valence-corrected chi connectivity index (χ4v) is 2.95. The number of nitrogens with zero attached hydrogens (tertiary/aromatic N) is 2. The van der Waals surface area contributed by atoms with Gasteiger partial charge in [-0.1, -0.05) is 13.8 Å². The summed E-state index contributed by atoms with van der Waals surface area (Å²) in [7, 11) is -3.92. The van der Waals surface area contributed by atoms with Crippen molar-refractivity contribution in [3.05, 3.63) is 29.3 Å². The number of rotatable bonds is 5. The number of hydrogen-bond donors (Lipinski definition) is 1. The maximum absolute atomic E-state index is 12.8. The average Bonchev–Trinajstić information content (AvgIpc) is 2.38. The third-order valence-electron chi connectivity index (χ3n) is 2.74. The zero-order valence-electron chi connectivity index (χ0n) is 11.4. The van der Waals surface area contributed by atoms with E-state index in [1.165, 1.54) is 6.07 Å². The fourth-order valence-electron chi connectivity index (χ4n) is 1.72. The lowest BCUT2D eigenvalue weighted by atomic mass is 10.1. The van der Waals surface area contributed by atoms with E-state index in [0.717, 1.165) is 16.4 Å². The molecule has 0 aliphatic heterocycles. The molecule has 1 aromatic rings. The average molecular weight is 321 g/mol. The molecule has 0 heterocycles. The van der Waals surface area contributed by atoms with Crippen molar-refractivity contribution in [2.24, 2.45) is 0 Å². The molecule has 0 atom stereocenters. The van der Waals surface area contributed by atoms with Gasteiger partial charge in [-0.15, -0.1) is 0 Å². The van der Waals surface area contributed by atoms with Crippen LogP contribution in [0.5, 0.6) is 0 Å². The Morgan fingerprint density at radius 3 is 2.29 bits per heavy atom. The van der Waals surface area contributed by atoms with Gasteiger partial charge < -0.3 is 0 Å². The van der Waals surface area contributed by atoms with Crippen molar-refractivity contribution >= 4 is 15.9 Å².